The van der Waals surface area contributed by atoms with Crippen LogP contribution in [0, 0.1) is 0 Å². The summed E-state index contributed by atoms with van der Waals surface area (Å²) in [6.45, 7) is 7.37. The zero-order valence-corrected chi connectivity index (χ0v) is 21.0. The molecular formula is C34H28N2O2. The average Bonchev–Trinajstić information content (AvgIpc) is 2.96. The van der Waals surface area contributed by atoms with Crippen LogP contribution in [-0.2, 0) is 0 Å². The van der Waals surface area contributed by atoms with Gasteiger partial charge in [-0.2, -0.15) is 0 Å². The molecule has 0 amide bonds. The van der Waals surface area contributed by atoms with Gasteiger partial charge in [0.05, 0.1) is 12.5 Å². The summed E-state index contributed by atoms with van der Waals surface area (Å²) in [5, 5.41) is 0. The maximum absolute atomic E-state index is 5.56. The first kappa shape index (κ1) is 24.5. The molecule has 38 heavy (non-hydrogen) atoms. The van der Waals surface area contributed by atoms with E-state index in [9.17, 15) is 0 Å². The second kappa shape index (κ2) is 11.7. The van der Waals surface area contributed by atoms with Gasteiger partial charge >= 0.3 is 0 Å². The van der Waals surface area contributed by atoms with Gasteiger partial charge in [0.15, 0.2) is 0 Å². The lowest BCUT2D eigenvalue weighted by atomic mass is 10.1. The molecule has 4 nitrogen and oxygen atoms in total. The molecule has 0 saturated heterocycles. The van der Waals surface area contributed by atoms with Crippen LogP contribution in [0.5, 0.6) is 11.5 Å². The van der Waals surface area contributed by atoms with Crippen LogP contribution in [-0.4, -0.2) is 0 Å². The lowest BCUT2D eigenvalue weighted by Crippen LogP contribution is -2.12. The first-order valence-corrected chi connectivity index (χ1v) is 12.3. The fourth-order valence-corrected chi connectivity index (χ4v) is 4.38. The molecule has 0 aliphatic rings. The number of hydrogen-bond acceptors (Lipinski definition) is 4. The third kappa shape index (κ3) is 5.45. The zero-order valence-electron chi connectivity index (χ0n) is 21.0. The van der Waals surface area contributed by atoms with Crippen molar-refractivity contribution in [3.8, 4) is 11.5 Å². The van der Waals surface area contributed by atoms with E-state index in [0.29, 0.717) is 0 Å². The van der Waals surface area contributed by atoms with Crippen LogP contribution in [0.1, 0.15) is 0 Å². The van der Waals surface area contributed by atoms with E-state index >= 15 is 0 Å². The lowest BCUT2D eigenvalue weighted by molar-refractivity contribution is 0.483. The third-order valence-corrected chi connectivity index (χ3v) is 5.99. The normalized spacial score (nSPS) is 10.3. The molecule has 5 rings (SSSR count). The fraction of sp³-hybridized carbons (Fsp3) is 0. The van der Waals surface area contributed by atoms with Crippen molar-refractivity contribution in [2.45, 2.75) is 0 Å². The summed E-state index contributed by atoms with van der Waals surface area (Å²) >= 11 is 0. The summed E-state index contributed by atoms with van der Waals surface area (Å²) in [7, 11) is 0. The van der Waals surface area contributed by atoms with Gasteiger partial charge in [0.1, 0.15) is 11.5 Å². The first-order chi connectivity index (χ1) is 18.8. The minimum absolute atomic E-state index is 0.729. The van der Waals surface area contributed by atoms with Gasteiger partial charge in [-0.1, -0.05) is 61.7 Å². The van der Waals surface area contributed by atoms with E-state index in [1.165, 1.54) is 12.5 Å². The second-order valence-corrected chi connectivity index (χ2v) is 8.42. The molecule has 0 saturated carbocycles. The van der Waals surface area contributed by atoms with E-state index in [1.54, 1.807) is 0 Å². The molecule has 0 fully saturated rings. The number of hydrogen-bond donors (Lipinski definition) is 0. The van der Waals surface area contributed by atoms with Crippen molar-refractivity contribution in [2.75, 3.05) is 9.80 Å². The highest BCUT2D eigenvalue weighted by molar-refractivity contribution is 5.81. The van der Waals surface area contributed by atoms with E-state index in [2.05, 4.69) is 83.6 Å². The average molecular weight is 497 g/mol. The van der Waals surface area contributed by atoms with E-state index in [0.717, 1.165) is 45.6 Å². The predicted molar refractivity (Wildman–Crippen MR) is 157 cm³/mol. The highest BCUT2D eigenvalue weighted by Crippen LogP contribution is 2.40. The second-order valence-electron chi connectivity index (χ2n) is 8.42. The number of para-hydroxylation sites is 2. The van der Waals surface area contributed by atoms with E-state index in [4.69, 9.17) is 9.47 Å². The Labute approximate surface area is 223 Å². The molecular weight excluding hydrogens is 468 g/mol. The summed E-state index contributed by atoms with van der Waals surface area (Å²) in [6, 6.07) is 45.0. The van der Waals surface area contributed by atoms with Gasteiger partial charge in [0.25, 0.3) is 0 Å². The van der Waals surface area contributed by atoms with Gasteiger partial charge in [-0.25, -0.2) is 0 Å². The Balaban J connectivity index is 1.57. The maximum atomic E-state index is 5.56. The third-order valence-electron chi connectivity index (χ3n) is 5.99. The van der Waals surface area contributed by atoms with E-state index in [1.807, 2.05) is 72.8 Å². The predicted octanol–water partition coefficient (Wildman–Crippen LogP) is 9.67. The molecule has 186 valence electrons. The number of anilines is 6. The van der Waals surface area contributed by atoms with E-state index in [-0.39, 0.29) is 0 Å². The molecule has 0 aliphatic heterocycles. The van der Waals surface area contributed by atoms with Crippen LogP contribution in [0.2, 0.25) is 0 Å². The molecule has 0 aliphatic carbocycles. The van der Waals surface area contributed by atoms with Crippen LogP contribution >= 0.6 is 0 Å². The molecule has 0 spiro atoms. The number of ether oxygens (including phenoxy) is 2. The van der Waals surface area contributed by atoms with Crippen molar-refractivity contribution in [3.05, 3.63) is 159 Å². The van der Waals surface area contributed by atoms with Crippen LogP contribution in [0.4, 0.5) is 34.1 Å². The topological polar surface area (TPSA) is 24.9 Å². The highest BCUT2D eigenvalue weighted by Gasteiger charge is 2.16. The SMILES string of the molecule is C=COc1cccc(N(c2ccccc2)c2ccc(N(c3ccccc3)c3cccc(OC=C)c3)cc2)c1. The summed E-state index contributed by atoms with van der Waals surface area (Å²) in [6.07, 6.45) is 2.88. The quantitative estimate of drug-likeness (QED) is 0.180. The molecule has 0 unspecified atom stereocenters. The molecule has 0 N–H and O–H groups in total. The smallest absolute Gasteiger partial charge is 0.128 e. The monoisotopic (exact) mass is 496 g/mol. The van der Waals surface area contributed by atoms with Gasteiger partial charge in [-0.05, 0) is 72.8 Å². The Bertz CT molecular complexity index is 1380. The molecule has 0 radical (unpaired) electrons. The Morgan fingerprint density at radius 2 is 0.737 bits per heavy atom. The standard InChI is InChI=1S/C34H28N2O2/c1-3-37-33-19-11-17-31(25-33)35(27-13-7-5-8-14-27)29-21-23-30(24-22-29)36(28-15-9-6-10-16-28)32-18-12-20-34(26-32)38-4-2/h3-26H,1-2H2. The maximum Gasteiger partial charge on any atom is 0.128 e. The Hall–Kier alpha value is -5.22. The summed E-state index contributed by atoms with van der Waals surface area (Å²) < 4.78 is 11.1. The molecule has 5 aromatic rings. The Morgan fingerprint density at radius 3 is 1.11 bits per heavy atom. The van der Waals surface area contributed by atoms with Crippen molar-refractivity contribution in [2.24, 2.45) is 0 Å². The number of nitrogens with zero attached hydrogens (tertiary/aromatic N) is 2. The minimum atomic E-state index is 0.729. The first-order valence-electron chi connectivity index (χ1n) is 12.3. The number of rotatable bonds is 10. The van der Waals surface area contributed by atoms with Gasteiger partial charge in [-0.3, -0.25) is 0 Å². The molecule has 4 heteroatoms. The zero-order chi connectivity index (χ0) is 26.2. The minimum Gasteiger partial charge on any atom is -0.466 e. The lowest BCUT2D eigenvalue weighted by Gasteiger charge is -2.28. The van der Waals surface area contributed by atoms with Crippen LogP contribution in [0.25, 0.3) is 0 Å². The van der Waals surface area contributed by atoms with Gasteiger partial charge in [0.2, 0.25) is 0 Å². The van der Waals surface area contributed by atoms with Crippen LogP contribution in [0.15, 0.2) is 159 Å². The summed E-state index contributed by atoms with van der Waals surface area (Å²) in [5.74, 6) is 1.46. The fourth-order valence-electron chi connectivity index (χ4n) is 4.38. The highest BCUT2D eigenvalue weighted by atomic mass is 16.5. The molecule has 5 aromatic carbocycles. The summed E-state index contributed by atoms with van der Waals surface area (Å²) in [5.41, 5.74) is 6.10. The summed E-state index contributed by atoms with van der Waals surface area (Å²) in [4.78, 5) is 4.40. The van der Waals surface area contributed by atoms with Crippen molar-refractivity contribution >= 4 is 34.1 Å². The van der Waals surface area contributed by atoms with Crippen molar-refractivity contribution in [3.63, 3.8) is 0 Å². The Kier molecular flexibility index (Phi) is 7.52. The molecule has 0 bridgehead atoms. The van der Waals surface area contributed by atoms with Crippen molar-refractivity contribution in [1.29, 1.82) is 0 Å². The number of benzene rings is 5. The van der Waals surface area contributed by atoms with Gasteiger partial charge < -0.3 is 19.3 Å². The van der Waals surface area contributed by atoms with Crippen LogP contribution < -0.4 is 19.3 Å². The molecule has 0 atom stereocenters. The van der Waals surface area contributed by atoms with Gasteiger partial charge in [0, 0.05) is 46.3 Å². The van der Waals surface area contributed by atoms with Crippen molar-refractivity contribution < 1.29 is 9.47 Å². The van der Waals surface area contributed by atoms with E-state index < -0.39 is 0 Å². The van der Waals surface area contributed by atoms with Gasteiger partial charge in [-0.15, -0.1) is 0 Å². The van der Waals surface area contributed by atoms with Crippen LogP contribution in [0.3, 0.4) is 0 Å². The largest absolute Gasteiger partial charge is 0.466 e. The molecule has 0 heterocycles. The van der Waals surface area contributed by atoms with Crippen molar-refractivity contribution in [1.82, 2.24) is 0 Å². The Morgan fingerprint density at radius 1 is 0.395 bits per heavy atom. The molecule has 0 aromatic heterocycles.